The van der Waals surface area contributed by atoms with E-state index in [1.165, 1.54) is 4.90 Å². The number of hydrogen-bond acceptors (Lipinski definition) is 5. The zero-order valence-electron chi connectivity index (χ0n) is 21.2. The van der Waals surface area contributed by atoms with Crippen LogP contribution in [0.15, 0.2) is 72.8 Å². The average Bonchev–Trinajstić information content (AvgIpc) is 2.87. The number of anilines is 1. The van der Waals surface area contributed by atoms with E-state index in [9.17, 15) is 18.0 Å². The summed E-state index contributed by atoms with van der Waals surface area (Å²) in [6, 6.07) is 19.5. The van der Waals surface area contributed by atoms with Crippen LogP contribution in [0.25, 0.3) is 0 Å². The smallest absolute Gasteiger partial charge is 0.244 e. The maximum atomic E-state index is 13.6. The number of nitrogens with one attached hydrogen (secondary N) is 1. The minimum atomic E-state index is -3.87. The second-order valence-electron chi connectivity index (χ2n) is 8.47. The van der Waals surface area contributed by atoms with Crippen LogP contribution in [0.2, 0.25) is 10.0 Å². The van der Waals surface area contributed by atoms with Crippen molar-refractivity contribution in [3.8, 4) is 11.5 Å². The lowest BCUT2D eigenvalue weighted by atomic mass is 10.1. The molecule has 2 amide bonds. The van der Waals surface area contributed by atoms with Crippen molar-refractivity contribution in [1.29, 1.82) is 0 Å². The zero-order valence-corrected chi connectivity index (χ0v) is 23.6. The number of sulfonamides is 1. The fraction of sp³-hybridized carbons (Fsp3) is 0.259. The molecule has 202 valence electrons. The van der Waals surface area contributed by atoms with E-state index in [-0.39, 0.29) is 12.2 Å². The van der Waals surface area contributed by atoms with Gasteiger partial charge in [-0.25, -0.2) is 8.42 Å². The largest absolute Gasteiger partial charge is 0.457 e. The predicted octanol–water partition coefficient (Wildman–Crippen LogP) is 5.11. The van der Waals surface area contributed by atoms with Crippen LogP contribution < -0.4 is 14.4 Å². The van der Waals surface area contributed by atoms with Crippen molar-refractivity contribution in [3.63, 3.8) is 0 Å². The summed E-state index contributed by atoms with van der Waals surface area (Å²) in [6.07, 6.45) is 1.01. The van der Waals surface area contributed by atoms with Gasteiger partial charge in [0.1, 0.15) is 24.1 Å². The Morgan fingerprint density at radius 2 is 1.50 bits per heavy atom. The first-order valence-corrected chi connectivity index (χ1v) is 14.4. The lowest BCUT2D eigenvalue weighted by Gasteiger charge is -2.31. The van der Waals surface area contributed by atoms with E-state index in [0.717, 1.165) is 10.6 Å². The molecule has 0 unspecified atom stereocenters. The van der Waals surface area contributed by atoms with Gasteiger partial charge in [0.05, 0.1) is 11.9 Å². The first kappa shape index (κ1) is 29.3. The summed E-state index contributed by atoms with van der Waals surface area (Å²) >= 11 is 12.7. The number of likely N-dealkylation sites (N-methyl/N-ethyl adjacent to an activating group) is 1. The number of halogens is 2. The Kier molecular flexibility index (Phi) is 10.0. The molecule has 0 saturated carbocycles. The van der Waals surface area contributed by atoms with E-state index in [2.05, 4.69) is 5.32 Å². The molecule has 3 rings (SSSR count). The SMILES string of the molecule is CCNC(=O)[C@@H](C)N(Cc1c(Cl)cccc1Cl)C(=O)CN(c1ccc(Oc2ccccc2)cc1)S(C)(=O)=O. The maximum Gasteiger partial charge on any atom is 0.244 e. The second-order valence-corrected chi connectivity index (χ2v) is 11.2. The van der Waals surface area contributed by atoms with Gasteiger partial charge >= 0.3 is 0 Å². The number of rotatable bonds is 11. The van der Waals surface area contributed by atoms with Crippen molar-refractivity contribution in [2.24, 2.45) is 0 Å². The minimum Gasteiger partial charge on any atom is -0.457 e. The molecule has 0 heterocycles. The van der Waals surface area contributed by atoms with Crippen molar-refractivity contribution >= 4 is 50.7 Å². The van der Waals surface area contributed by atoms with E-state index in [0.29, 0.717) is 33.7 Å². The summed E-state index contributed by atoms with van der Waals surface area (Å²) in [5.74, 6) is 0.135. The number of amides is 2. The van der Waals surface area contributed by atoms with E-state index in [4.69, 9.17) is 27.9 Å². The topological polar surface area (TPSA) is 96.0 Å². The van der Waals surface area contributed by atoms with Gasteiger partial charge in [-0.3, -0.25) is 13.9 Å². The Bertz CT molecular complexity index is 1350. The maximum absolute atomic E-state index is 13.6. The molecule has 0 aliphatic heterocycles. The highest BCUT2D eigenvalue weighted by atomic mass is 35.5. The standard InChI is InChI=1S/C27H29Cl2N3O5S/c1-4-30-27(34)19(2)31(17-23-24(28)11-8-12-25(23)29)26(33)18-32(38(3,35)36)20-13-15-22(16-14-20)37-21-9-6-5-7-10-21/h5-16,19H,4,17-18H2,1-3H3,(H,30,34)/t19-/m1/s1. The molecule has 11 heteroatoms. The predicted molar refractivity (Wildman–Crippen MR) is 150 cm³/mol. The summed E-state index contributed by atoms with van der Waals surface area (Å²) < 4.78 is 32.2. The molecule has 3 aromatic rings. The van der Waals surface area contributed by atoms with Gasteiger partial charge in [0.25, 0.3) is 0 Å². The lowest BCUT2D eigenvalue weighted by molar-refractivity contribution is -0.139. The molecule has 0 aliphatic carbocycles. The van der Waals surface area contributed by atoms with E-state index in [1.807, 2.05) is 18.2 Å². The zero-order chi connectivity index (χ0) is 27.9. The summed E-state index contributed by atoms with van der Waals surface area (Å²) in [7, 11) is -3.87. The molecule has 0 spiro atoms. The molecule has 0 aliphatic rings. The van der Waals surface area contributed by atoms with E-state index >= 15 is 0 Å². The van der Waals surface area contributed by atoms with E-state index in [1.54, 1.807) is 68.4 Å². The molecule has 0 aromatic heterocycles. The fourth-order valence-electron chi connectivity index (χ4n) is 3.68. The van der Waals surface area contributed by atoms with Crippen molar-refractivity contribution in [3.05, 3.63) is 88.4 Å². The highest BCUT2D eigenvalue weighted by molar-refractivity contribution is 7.92. The van der Waals surface area contributed by atoms with Gasteiger partial charge in [0.2, 0.25) is 21.8 Å². The Labute approximate surface area is 233 Å². The molecule has 0 radical (unpaired) electrons. The number of hydrogen-bond donors (Lipinski definition) is 1. The fourth-order valence-corrected chi connectivity index (χ4v) is 5.04. The molecule has 0 bridgehead atoms. The highest BCUT2D eigenvalue weighted by Crippen LogP contribution is 2.28. The van der Waals surface area contributed by atoms with Crippen molar-refractivity contribution in [1.82, 2.24) is 10.2 Å². The van der Waals surface area contributed by atoms with Crippen LogP contribution in [0, 0.1) is 0 Å². The number of para-hydroxylation sites is 1. The van der Waals surface area contributed by atoms with Crippen LogP contribution in [0.5, 0.6) is 11.5 Å². The Morgan fingerprint density at radius 3 is 2.05 bits per heavy atom. The van der Waals surface area contributed by atoms with Crippen LogP contribution in [-0.4, -0.2) is 50.5 Å². The minimum absolute atomic E-state index is 0.0862. The van der Waals surface area contributed by atoms with Crippen LogP contribution in [0.4, 0.5) is 5.69 Å². The number of benzene rings is 3. The summed E-state index contributed by atoms with van der Waals surface area (Å²) in [4.78, 5) is 27.5. The first-order valence-electron chi connectivity index (χ1n) is 11.8. The van der Waals surface area contributed by atoms with Gasteiger partial charge in [-0.15, -0.1) is 0 Å². The van der Waals surface area contributed by atoms with Crippen molar-refractivity contribution in [2.45, 2.75) is 26.4 Å². The molecule has 3 aromatic carbocycles. The van der Waals surface area contributed by atoms with Gasteiger partial charge in [0, 0.05) is 28.7 Å². The third-order valence-electron chi connectivity index (χ3n) is 5.69. The van der Waals surface area contributed by atoms with Gasteiger partial charge in [0.15, 0.2) is 0 Å². The number of nitrogens with zero attached hydrogens (tertiary/aromatic N) is 2. The van der Waals surface area contributed by atoms with Crippen molar-refractivity contribution in [2.75, 3.05) is 23.7 Å². The summed E-state index contributed by atoms with van der Waals surface area (Å²) in [6.45, 7) is 3.07. The second kappa shape index (κ2) is 13.0. The van der Waals surface area contributed by atoms with Gasteiger partial charge < -0.3 is 15.0 Å². The molecular weight excluding hydrogens is 549 g/mol. The van der Waals surface area contributed by atoms with Crippen LogP contribution in [-0.2, 0) is 26.2 Å². The first-order chi connectivity index (χ1) is 18.0. The number of carbonyl (C=O) groups excluding carboxylic acids is 2. The Hall–Kier alpha value is -3.27. The van der Waals surface area contributed by atoms with Gasteiger partial charge in [-0.2, -0.15) is 0 Å². The van der Waals surface area contributed by atoms with Crippen LogP contribution in [0.3, 0.4) is 0 Å². The highest BCUT2D eigenvalue weighted by Gasteiger charge is 2.30. The van der Waals surface area contributed by atoms with Gasteiger partial charge in [-0.05, 0) is 62.4 Å². The third kappa shape index (κ3) is 7.63. The summed E-state index contributed by atoms with van der Waals surface area (Å²) in [5.41, 5.74) is 0.719. The molecule has 1 atom stereocenters. The van der Waals surface area contributed by atoms with Crippen LogP contribution in [0.1, 0.15) is 19.4 Å². The quantitative estimate of drug-likeness (QED) is 0.342. The number of carbonyl (C=O) groups is 2. The molecule has 0 saturated heterocycles. The molecule has 38 heavy (non-hydrogen) atoms. The Morgan fingerprint density at radius 1 is 0.921 bits per heavy atom. The van der Waals surface area contributed by atoms with Gasteiger partial charge in [-0.1, -0.05) is 47.5 Å². The van der Waals surface area contributed by atoms with Crippen LogP contribution >= 0.6 is 23.2 Å². The third-order valence-corrected chi connectivity index (χ3v) is 7.54. The lowest BCUT2D eigenvalue weighted by Crippen LogP contribution is -2.51. The molecular formula is C27H29Cl2N3O5S. The average molecular weight is 579 g/mol. The molecule has 1 N–H and O–H groups in total. The summed E-state index contributed by atoms with van der Waals surface area (Å²) in [5, 5.41) is 3.35. The molecule has 8 nitrogen and oxygen atoms in total. The van der Waals surface area contributed by atoms with E-state index < -0.39 is 34.4 Å². The monoisotopic (exact) mass is 577 g/mol. The molecule has 0 fully saturated rings. The number of ether oxygens (including phenoxy) is 1. The van der Waals surface area contributed by atoms with Crippen molar-refractivity contribution < 1.29 is 22.7 Å². The Balaban J connectivity index is 1.89. The normalized spacial score (nSPS) is 11.9.